The van der Waals surface area contributed by atoms with Gasteiger partial charge in [-0.1, -0.05) is 53.3 Å². The Labute approximate surface area is 161 Å². The van der Waals surface area contributed by atoms with Gasteiger partial charge in [0.1, 0.15) is 11.0 Å². The highest BCUT2D eigenvalue weighted by atomic mass is 32.1. The molecule has 6 nitrogen and oxygen atoms in total. The van der Waals surface area contributed by atoms with E-state index in [4.69, 9.17) is 0 Å². The zero-order valence-corrected chi connectivity index (χ0v) is 16.1. The summed E-state index contributed by atoms with van der Waals surface area (Å²) in [5.41, 5.74) is 3.49. The Morgan fingerprint density at radius 2 is 1.81 bits per heavy atom. The zero-order chi connectivity index (χ0) is 19.4. The Kier molecular flexibility index (Phi) is 5.61. The Hall–Kier alpha value is -3.06. The van der Waals surface area contributed by atoms with E-state index >= 15 is 0 Å². The molecule has 2 N–H and O–H groups in total. The summed E-state index contributed by atoms with van der Waals surface area (Å²) in [6.07, 6.45) is 0. The Balaban J connectivity index is 1.63. The lowest BCUT2D eigenvalue weighted by atomic mass is 10.1. The number of carbonyl (C=O) groups is 2. The van der Waals surface area contributed by atoms with Crippen LogP contribution in [-0.4, -0.2) is 28.1 Å². The standard InChI is InChI=1S/C20H20N4O2S/c1-12-7-6-9-15(11-12)19-23-24-20(27-19)22-17(25)14(3)21-18(26)16-10-5-4-8-13(16)2/h4-11,14H,1-3H3,(H,21,26)(H,22,24,25). The van der Waals surface area contributed by atoms with E-state index in [0.29, 0.717) is 10.7 Å². The third-order valence-electron chi connectivity index (χ3n) is 4.05. The molecule has 0 saturated heterocycles. The maximum absolute atomic E-state index is 12.4. The van der Waals surface area contributed by atoms with Gasteiger partial charge in [0.05, 0.1) is 0 Å². The molecule has 0 bridgehead atoms. The highest BCUT2D eigenvalue weighted by Crippen LogP contribution is 2.26. The molecule has 0 spiro atoms. The maximum atomic E-state index is 12.4. The van der Waals surface area contributed by atoms with Crippen LogP contribution in [0.4, 0.5) is 5.13 Å². The first-order valence-electron chi connectivity index (χ1n) is 8.52. The molecule has 0 saturated carbocycles. The summed E-state index contributed by atoms with van der Waals surface area (Å²) in [7, 11) is 0. The average molecular weight is 380 g/mol. The minimum Gasteiger partial charge on any atom is -0.341 e. The number of amides is 2. The van der Waals surface area contributed by atoms with Crippen molar-refractivity contribution in [1.29, 1.82) is 0 Å². The zero-order valence-electron chi connectivity index (χ0n) is 15.3. The monoisotopic (exact) mass is 380 g/mol. The second kappa shape index (κ2) is 8.09. The largest absolute Gasteiger partial charge is 0.341 e. The van der Waals surface area contributed by atoms with E-state index in [-0.39, 0.29) is 11.8 Å². The van der Waals surface area contributed by atoms with Gasteiger partial charge >= 0.3 is 0 Å². The molecule has 3 rings (SSSR count). The van der Waals surface area contributed by atoms with E-state index in [1.54, 1.807) is 19.1 Å². The first kappa shape index (κ1) is 18.7. The average Bonchev–Trinajstić information content (AvgIpc) is 3.10. The minimum atomic E-state index is -0.705. The van der Waals surface area contributed by atoms with Crippen molar-refractivity contribution >= 4 is 28.3 Å². The number of rotatable bonds is 5. The van der Waals surface area contributed by atoms with Gasteiger partial charge in [0.15, 0.2) is 0 Å². The third-order valence-corrected chi connectivity index (χ3v) is 4.94. The van der Waals surface area contributed by atoms with Crippen LogP contribution in [0.1, 0.15) is 28.4 Å². The molecule has 2 amide bonds. The lowest BCUT2D eigenvalue weighted by Gasteiger charge is -2.13. The number of anilines is 1. The lowest BCUT2D eigenvalue weighted by molar-refractivity contribution is -0.117. The van der Waals surface area contributed by atoms with Crippen LogP contribution in [0.2, 0.25) is 0 Å². The summed E-state index contributed by atoms with van der Waals surface area (Å²) in [4.78, 5) is 24.7. The van der Waals surface area contributed by atoms with Crippen LogP contribution in [0, 0.1) is 13.8 Å². The molecule has 1 heterocycles. The number of carbonyl (C=O) groups excluding carboxylic acids is 2. The minimum absolute atomic E-state index is 0.284. The summed E-state index contributed by atoms with van der Waals surface area (Å²) in [6.45, 7) is 5.49. The van der Waals surface area contributed by atoms with E-state index in [0.717, 1.165) is 21.7 Å². The quantitative estimate of drug-likeness (QED) is 0.709. The molecule has 1 unspecified atom stereocenters. The smallest absolute Gasteiger partial charge is 0.252 e. The van der Waals surface area contributed by atoms with Crippen molar-refractivity contribution in [3.63, 3.8) is 0 Å². The van der Waals surface area contributed by atoms with Gasteiger partial charge in [-0.25, -0.2) is 0 Å². The van der Waals surface area contributed by atoms with E-state index in [1.165, 1.54) is 11.3 Å². The second-order valence-electron chi connectivity index (χ2n) is 6.28. The first-order valence-corrected chi connectivity index (χ1v) is 9.33. The molecule has 0 aliphatic rings. The lowest BCUT2D eigenvalue weighted by Crippen LogP contribution is -2.41. The van der Waals surface area contributed by atoms with Gasteiger partial charge in [-0.15, -0.1) is 10.2 Å². The molecule has 27 heavy (non-hydrogen) atoms. The SMILES string of the molecule is Cc1cccc(-c2nnc(NC(=O)C(C)NC(=O)c3ccccc3C)s2)c1. The summed E-state index contributed by atoms with van der Waals surface area (Å²) in [5, 5.41) is 14.7. The van der Waals surface area contributed by atoms with Crippen molar-refractivity contribution in [3.8, 4) is 10.6 Å². The van der Waals surface area contributed by atoms with Crippen LogP contribution in [0.3, 0.4) is 0 Å². The topological polar surface area (TPSA) is 84.0 Å². The van der Waals surface area contributed by atoms with Crippen LogP contribution in [0.25, 0.3) is 10.6 Å². The van der Waals surface area contributed by atoms with Crippen LogP contribution < -0.4 is 10.6 Å². The molecular formula is C20H20N4O2S. The summed E-state index contributed by atoms with van der Waals surface area (Å²) in [5.74, 6) is -0.627. The fraction of sp³-hybridized carbons (Fsp3) is 0.200. The molecule has 0 aliphatic heterocycles. The predicted octanol–water partition coefficient (Wildman–Crippen LogP) is 3.58. The number of aromatic nitrogens is 2. The summed E-state index contributed by atoms with van der Waals surface area (Å²) >= 11 is 1.29. The van der Waals surface area contributed by atoms with Crippen LogP contribution in [-0.2, 0) is 4.79 Å². The van der Waals surface area contributed by atoms with E-state index in [9.17, 15) is 9.59 Å². The van der Waals surface area contributed by atoms with Gasteiger partial charge < -0.3 is 5.32 Å². The first-order chi connectivity index (χ1) is 12.9. The number of nitrogens with one attached hydrogen (secondary N) is 2. The Bertz CT molecular complexity index is 983. The highest BCUT2D eigenvalue weighted by molar-refractivity contribution is 7.18. The predicted molar refractivity (Wildman–Crippen MR) is 107 cm³/mol. The van der Waals surface area contributed by atoms with Gasteiger partial charge in [-0.3, -0.25) is 14.9 Å². The number of hydrogen-bond acceptors (Lipinski definition) is 5. The van der Waals surface area contributed by atoms with Gasteiger partial charge in [0.2, 0.25) is 11.0 Å². The third kappa shape index (κ3) is 4.57. The second-order valence-corrected chi connectivity index (χ2v) is 7.26. The van der Waals surface area contributed by atoms with Crippen molar-refractivity contribution in [3.05, 3.63) is 65.2 Å². The molecule has 0 radical (unpaired) electrons. The van der Waals surface area contributed by atoms with E-state index in [2.05, 4.69) is 20.8 Å². The van der Waals surface area contributed by atoms with Gasteiger partial charge in [-0.05, 0) is 38.5 Å². The molecule has 1 atom stereocenters. The Morgan fingerprint density at radius 3 is 2.56 bits per heavy atom. The van der Waals surface area contributed by atoms with E-state index < -0.39 is 6.04 Å². The number of hydrogen-bond donors (Lipinski definition) is 2. The van der Waals surface area contributed by atoms with Crippen molar-refractivity contribution < 1.29 is 9.59 Å². The van der Waals surface area contributed by atoms with Crippen LogP contribution in [0.15, 0.2) is 48.5 Å². The highest BCUT2D eigenvalue weighted by Gasteiger charge is 2.19. The normalized spacial score (nSPS) is 11.7. The molecule has 0 fully saturated rings. The fourth-order valence-corrected chi connectivity index (χ4v) is 3.29. The van der Waals surface area contributed by atoms with Gasteiger partial charge in [0.25, 0.3) is 5.91 Å². The molecule has 3 aromatic rings. The molecule has 1 aromatic heterocycles. The van der Waals surface area contributed by atoms with Crippen LogP contribution in [0.5, 0.6) is 0 Å². The van der Waals surface area contributed by atoms with Crippen molar-refractivity contribution in [2.75, 3.05) is 5.32 Å². The van der Waals surface area contributed by atoms with E-state index in [1.807, 2.05) is 50.2 Å². The van der Waals surface area contributed by atoms with Crippen molar-refractivity contribution in [2.24, 2.45) is 0 Å². The molecule has 0 aliphatic carbocycles. The molecule has 2 aromatic carbocycles. The number of nitrogens with zero attached hydrogens (tertiary/aromatic N) is 2. The summed E-state index contributed by atoms with van der Waals surface area (Å²) in [6, 6.07) is 14.5. The summed E-state index contributed by atoms with van der Waals surface area (Å²) < 4.78 is 0. The number of benzene rings is 2. The van der Waals surface area contributed by atoms with Crippen molar-refractivity contribution in [1.82, 2.24) is 15.5 Å². The number of aryl methyl sites for hydroxylation is 2. The van der Waals surface area contributed by atoms with Crippen LogP contribution >= 0.6 is 11.3 Å². The van der Waals surface area contributed by atoms with Gasteiger partial charge in [-0.2, -0.15) is 0 Å². The fourth-order valence-electron chi connectivity index (χ4n) is 2.55. The molecule has 138 valence electrons. The van der Waals surface area contributed by atoms with Crippen molar-refractivity contribution in [2.45, 2.75) is 26.8 Å². The molecular weight excluding hydrogens is 360 g/mol. The molecule has 7 heteroatoms. The Morgan fingerprint density at radius 1 is 1.04 bits per heavy atom. The van der Waals surface area contributed by atoms with Gasteiger partial charge in [0, 0.05) is 11.1 Å². The maximum Gasteiger partial charge on any atom is 0.252 e.